The quantitative estimate of drug-likeness (QED) is 0.530. The molecule has 0 amide bonds. The van der Waals surface area contributed by atoms with Crippen LogP contribution in [0.5, 0.6) is 5.75 Å². The summed E-state index contributed by atoms with van der Waals surface area (Å²) in [6, 6.07) is 2.32. The standard InChI is InChI=1S/C19H20ClF3N2O4/c20-11-4-5-15-13(10-11)16(17(25(26)27)18(29-15)19(21,22)23)12-2-1-3-14(12)24-6-8-28-9-7-24/h4-5,10,16-18H,1-3,6-9H2/t16-,17+,18+/m1/s1. The molecule has 0 radical (unpaired) electrons. The largest absolute Gasteiger partial charge is 0.473 e. The van der Waals surface area contributed by atoms with Crippen LogP contribution in [0.15, 0.2) is 29.5 Å². The van der Waals surface area contributed by atoms with E-state index in [1.54, 1.807) is 0 Å². The van der Waals surface area contributed by atoms with Crippen LogP contribution >= 0.6 is 11.6 Å². The number of morpholine rings is 1. The van der Waals surface area contributed by atoms with E-state index in [1.807, 2.05) is 0 Å². The second-order valence-electron chi connectivity index (χ2n) is 7.44. The van der Waals surface area contributed by atoms with E-state index in [9.17, 15) is 23.3 Å². The Kier molecular flexibility index (Phi) is 5.37. The SMILES string of the molecule is O=[N+]([O-])[C@H]1[C@H](C2=C(N3CCOCC3)CCC2)c2cc(Cl)ccc2O[C@@H]1C(F)(F)F. The average Bonchev–Trinajstić information content (AvgIpc) is 3.15. The Morgan fingerprint density at radius 2 is 1.93 bits per heavy atom. The van der Waals surface area contributed by atoms with Crippen LogP contribution < -0.4 is 4.74 Å². The lowest BCUT2D eigenvalue weighted by Gasteiger charge is -2.38. The van der Waals surface area contributed by atoms with E-state index in [-0.39, 0.29) is 5.75 Å². The highest BCUT2D eigenvalue weighted by atomic mass is 35.5. The van der Waals surface area contributed by atoms with Gasteiger partial charge in [0.1, 0.15) is 5.75 Å². The highest BCUT2D eigenvalue weighted by Gasteiger charge is 2.60. The van der Waals surface area contributed by atoms with Gasteiger partial charge in [0.15, 0.2) is 0 Å². The second-order valence-corrected chi connectivity index (χ2v) is 7.88. The molecule has 1 aromatic rings. The Morgan fingerprint density at radius 3 is 2.59 bits per heavy atom. The van der Waals surface area contributed by atoms with E-state index in [2.05, 4.69) is 4.90 Å². The van der Waals surface area contributed by atoms with Gasteiger partial charge < -0.3 is 14.4 Å². The number of halogens is 4. The van der Waals surface area contributed by atoms with Crippen molar-refractivity contribution in [3.05, 3.63) is 50.2 Å². The molecule has 0 saturated carbocycles. The summed E-state index contributed by atoms with van der Waals surface area (Å²) in [6.07, 6.45) is -5.44. The molecule has 158 valence electrons. The van der Waals surface area contributed by atoms with Gasteiger partial charge in [-0.3, -0.25) is 10.1 Å². The van der Waals surface area contributed by atoms with Crippen molar-refractivity contribution in [2.45, 2.75) is 43.5 Å². The fourth-order valence-corrected chi connectivity index (χ4v) is 4.78. The Labute approximate surface area is 170 Å². The highest BCUT2D eigenvalue weighted by molar-refractivity contribution is 6.30. The molecule has 0 spiro atoms. The van der Waals surface area contributed by atoms with Crippen LogP contribution in [0.1, 0.15) is 30.7 Å². The zero-order valence-electron chi connectivity index (χ0n) is 15.5. The number of hydrogen-bond acceptors (Lipinski definition) is 5. The molecular formula is C19H20ClF3N2O4. The van der Waals surface area contributed by atoms with Gasteiger partial charge in [0.05, 0.1) is 19.1 Å². The number of allylic oxidation sites excluding steroid dienone is 1. The molecule has 3 aliphatic rings. The Hall–Kier alpha value is -2.00. The van der Waals surface area contributed by atoms with E-state index >= 15 is 0 Å². The van der Waals surface area contributed by atoms with E-state index in [4.69, 9.17) is 21.1 Å². The number of nitrogens with zero attached hydrogens (tertiary/aromatic N) is 2. The molecule has 29 heavy (non-hydrogen) atoms. The molecule has 10 heteroatoms. The average molecular weight is 433 g/mol. The third kappa shape index (κ3) is 3.77. The lowest BCUT2D eigenvalue weighted by atomic mass is 9.79. The van der Waals surface area contributed by atoms with Gasteiger partial charge in [-0.1, -0.05) is 11.6 Å². The molecule has 2 aliphatic heterocycles. The lowest BCUT2D eigenvalue weighted by Crippen LogP contribution is -2.54. The zero-order chi connectivity index (χ0) is 20.8. The summed E-state index contributed by atoms with van der Waals surface area (Å²) in [6.45, 7) is 2.29. The van der Waals surface area contributed by atoms with Crippen molar-refractivity contribution in [3.63, 3.8) is 0 Å². The second kappa shape index (κ2) is 7.68. The van der Waals surface area contributed by atoms with E-state index in [0.717, 1.165) is 12.1 Å². The van der Waals surface area contributed by atoms with E-state index < -0.39 is 29.2 Å². The number of rotatable bonds is 3. The molecule has 3 atom stereocenters. The monoisotopic (exact) mass is 432 g/mol. The molecule has 2 heterocycles. The van der Waals surface area contributed by atoms with Gasteiger partial charge in [-0.05, 0) is 43.0 Å². The lowest BCUT2D eigenvalue weighted by molar-refractivity contribution is -0.547. The number of hydrogen-bond donors (Lipinski definition) is 0. The van der Waals surface area contributed by atoms with Crippen LogP contribution in [0.3, 0.4) is 0 Å². The van der Waals surface area contributed by atoms with Crippen molar-refractivity contribution >= 4 is 11.6 Å². The van der Waals surface area contributed by atoms with E-state index in [0.29, 0.717) is 55.3 Å². The molecule has 0 bridgehead atoms. The fraction of sp³-hybridized carbons (Fsp3) is 0.579. The molecule has 1 saturated heterocycles. The molecule has 1 fully saturated rings. The van der Waals surface area contributed by atoms with Crippen LogP contribution in [-0.2, 0) is 4.74 Å². The smallest absolute Gasteiger partial charge is 0.432 e. The number of nitro groups is 1. The molecule has 6 nitrogen and oxygen atoms in total. The van der Waals surface area contributed by atoms with Crippen LogP contribution in [0.4, 0.5) is 13.2 Å². The summed E-state index contributed by atoms with van der Waals surface area (Å²) < 4.78 is 51.7. The minimum atomic E-state index is -4.87. The Balaban J connectivity index is 1.87. The maximum atomic E-state index is 13.7. The van der Waals surface area contributed by atoms with Gasteiger partial charge in [-0.15, -0.1) is 0 Å². The minimum absolute atomic E-state index is 0.000512. The molecule has 4 rings (SSSR count). The van der Waals surface area contributed by atoms with Gasteiger partial charge in [-0.2, -0.15) is 13.2 Å². The highest BCUT2D eigenvalue weighted by Crippen LogP contribution is 2.50. The first kappa shape index (κ1) is 20.3. The summed E-state index contributed by atoms with van der Waals surface area (Å²) in [5.74, 6) is -1.04. The van der Waals surface area contributed by atoms with Crippen molar-refractivity contribution < 1.29 is 27.6 Å². The molecular weight excluding hydrogens is 413 g/mol. The maximum absolute atomic E-state index is 13.7. The van der Waals surface area contributed by atoms with Gasteiger partial charge in [0.2, 0.25) is 0 Å². The molecule has 0 N–H and O–H groups in total. The normalized spacial score (nSPS) is 27.6. The van der Waals surface area contributed by atoms with Crippen molar-refractivity contribution in [2.24, 2.45) is 0 Å². The zero-order valence-corrected chi connectivity index (χ0v) is 16.2. The summed E-state index contributed by atoms with van der Waals surface area (Å²) in [4.78, 5) is 13.1. The molecule has 1 aromatic carbocycles. The molecule has 0 unspecified atom stereocenters. The van der Waals surface area contributed by atoms with Crippen LogP contribution in [0, 0.1) is 10.1 Å². The predicted molar refractivity (Wildman–Crippen MR) is 98.7 cm³/mol. The number of ether oxygens (including phenoxy) is 2. The number of benzene rings is 1. The third-order valence-corrected chi connectivity index (χ3v) is 6.01. The number of fused-ring (bicyclic) bond motifs is 1. The first-order valence-electron chi connectivity index (χ1n) is 9.48. The van der Waals surface area contributed by atoms with Gasteiger partial charge >= 0.3 is 6.18 Å². The predicted octanol–water partition coefficient (Wildman–Crippen LogP) is 4.16. The van der Waals surface area contributed by atoms with Crippen LogP contribution in [0.2, 0.25) is 5.02 Å². The Bertz CT molecular complexity index is 839. The van der Waals surface area contributed by atoms with E-state index in [1.165, 1.54) is 18.2 Å². The fourth-order valence-electron chi connectivity index (χ4n) is 4.60. The van der Waals surface area contributed by atoms with Gasteiger partial charge in [-0.25, -0.2) is 0 Å². The number of alkyl halides is 3. The molecule has 1 aliphatic carbocycles. The summed E-state index contributed by atoms with van der Waals surface area (Å²) in [5.41, 5.74) is 1.94. The van der Waals surface area contributed by atoms with Crippen molar-refractivity contribution in [2.75, 3.05) is 26.3 Å². The van der Waals surface area contributed by atoms with Crippen molar-refractivity contribution in [1.82, 2.24) is 4.90 Å². The third-order valence-electron chi connectivity index (χ3n) is 5.78. The van der Waals surface area contributed by atoms with Crippen molar-refractivity contribution in [3.8, 4) is 5.75 Å². The van der Waals surface area contributed by atoms with Gasteiger partial charge in [0, 0.05) is 34.3 Å². The summed E-state index contributed by atoms with van der Waals surface area (Å²) in [5, 5.41) is 12.2. The van der Waals surface area contributed by atoms with Crippen LogP contribution in [0.25, 0.3) is 0 Å². The van der Waals surface area contributed by atoms with Crippen LogP contribution in [-0.4, -0.2) is 54.4 Å². The minimum Gasteiger partial charge on any atom is -0.473 e. The molecule has 0 aromatic heterocycles. The first-order valence-corrected chi connectivity index (χ1v) is 9.86. The summed E-state index contributed by atoms with van der Waals surface area (Å²) >= 11 is 6.10. The Morgan fingerprint density at radius 1 is 1.21 bits per heavy atom. The van der Waals surface area contributed by atoms with Crippen molar-refractivity contribution in [1.29, 1.82) is 0 Å². The summed E-state index contributed by atoms with van der Waals surface area (Å²) in [7, 11) is 0. The topological polar surface area (TPSA) is 64.8 Å². The maximum Gasteiger partial charge on any atom is 0.432 e. The first-order chi connectivity index (χ1) is 13.8. The van der Waals surface area contributed by atoms with Gasteiger partial charge in [0.25, 0.3) is 12.1 Å².